The minimum Gasteiger partial charge on any atom is -0.392 e. The summed E-state index contributed by atoms with van der Waals surface area (Å²) < 4.78 is 0. The third-order valence-electron chi connectivity index (χ3n) is 3.04. The molecule has 0 unspecified atom stereocenters. The molecule has 1 atom stereocenters. The molecule has 1 aliphatic rings. The zero-order valence-corrected chi connectivity index (χ0v) is 9.14. The van der Waals surface area contributed by atoms with Crippen LogP contribution in [0.15, 0.2) is 0 Å². The molecule has 0 aromatic carbocycles. The number of aliphatic hydroxyl groups is 1. The molecule has 0 bridgehead atoms. The van der Waals surface area contributed by atoms with Crippen molar-refractivity contribution in [3.63, 3.8) is 0 Å². The van der Waals surface area contributed by atoms with E-state index in [1.54, 1.807) is 0 Å². The van der Waals surface area contributed by atoms with Crippen LogP contribution in [0.1, 0.15) is 46.5 Å². The van der Waals surface area contributed by atoms with Crippen LogP contribution < -0.4 is 5.32 Å². The van der Waals surface area contributed by atoms with Gasteiger partial charge in [-0.1, -0.05) is 13.8 Å². The van der Waals surface area contributed by atoms with Gasteiger partial charge in [0.1, 0.15) is 0 Å². The molecule has 0 aromatic rings. The molecule has 0 spiro atoms. The smallest absolute Gasteiger partial charge is 0.0636 e. The van der Waals surface area contributed by atoms with Crippen LogP contribution in [0.4, 0.5) is 0 Å². The molecule has 0 heterocycles. The summed E-state index contributed by atoms with van der Waals surface area (Å²) in [6.45, 7) is 7.26. The van der Waals surface area contributed by atoms with E-state index in [1.165, 1.54) is 25.7 Å². The summed E-state index contributed by atoms with van der Waals surface area (Å²) in [5.74, 6) is 0. The Morgan fingerprint density at radius 3 is 2.38 bits per heavy atom. The Kier molecular flexibility index (Phi) is 3.74. The molecule has 0 aliphatic heterocycles. The lowest BCUT2D eigenvalue weighted by Gasteiger charge is -2.34. The second kappa shape index (κ2) is 4.43. The van der Waals surface area contributed by atoms with Crippen LogP contribution in [-0.2, 0) is 0 Å². The Morgan fingerprint density at radius 2 is 1.92 bits per heavy atom. The first-order valence-electron chi connectivity index (χ1n) is 5.41. The van der Waals surface area contributed by atoms with Crippen LogP contribution in [0.2, 0.25) is 0 Å². The Labute approximate surface area is 81.7 Å². The average molecular weight is 185 g/mol. The third-order valence-corrected chi connectivity index (χ3v) is 3.04. The lowest BCUT2D eigenvalue weighted by molar-refractivity contribution is 0.163. The van der Waals surface area contributed by atoms with Gasteiger partial charge in [-0.2, -0.15) is 0 Å². The number of hydrogen-bond acceptors (Lipinski definition) is 2. The summed E-state index contributed by atoms with van der Waals surface area (Å²) in [5.41, 5.74) is 0.545. The lowest BCUT2D eigenvalue weighted by atomic mass is 9.75. The molecule has 0 saturated heterocycles. The summed E-state index contributed by atoms with van der Waals surface area (Å²) >= 11 is 0. The quantitative estimate of drug-likeness (QED) is 0.704. The largest absolute Gasteiger partial charge is 0.392 e. The number of rotatable bonds is 3. The molecule has 1 aliphatic carbocycles. The lowest BCUT2D eigenvalue weighted by Crippen LogP contribution is -2.38. The van der Waals surface area contributed by atoms with Gasteiger partial charge in [0.25, 0.3) is 0 Å². The molecule has 0 aromatic heterocycles. The first kappa shape index (κ1) is 11.0. The Bertz CT molecular complexity index is 141. The molecule has 2 heteroatoms. The van der Waals surface area contributed by atoms with Crippen molar-refractivity contribution in [1.29, 1.82) is 0 Å². The highest BCUT2D eigenvalue weighted by atomic mass is 16.3. The van der Waals surface area contributed by atoms with E-state index in [4.69, 9.17) is 5.11 Å². The predicted octanol–water partition coefficient (Wildman–Crippen LogP) is 1.93. The topological polar surface area (TPSA) is 32.3 Å². The van der Waals surface area contributed by atoms with Gasteiger partial charge < -0.3 is 10.4 Å². The van der Waals surface area contributed by atoms with E-state index >= 15 is 0 Å². The first-order chi connectivity index (χ1) is 5.99. The third kappa shape index (κ3) is 4.10. The monoisotopic (exact) mass is 185 g/mol. The van der Waals surface area contributed by atoms with Crippen molar-refractivity contribution >= 4 is 0 Å². The van der Waals surface area contributed by atoms with Crippen LogP contribution in [0, 0.1) is 5.41 Å². The zero-order chi connectivity index (χ0) is 9.90. The van der Waals surface area contributed by atoms with Crippen LogP contribution in [-0.4, -0.2) is 23.8 Å². The Hall–Kier alpha value is -0.0800. The van der Waals surface area contributed by atoms with Gasteiger partial charge in [0.2, 0.25) is 0 Å². The van der Waals surface area contributed by atoms with Gasteiger partial charge in [-0.25, -0.2) is 0 Å². The van der Waals surface area contributed by atoms with Crippen LogP contribution >= 0.6 is 0 Å². The van der Waals surface area contributed by atoms with Gasteiger partial charge in [0, 0.05) is 12.6 Å². The fourth-order valence-corrected chi connectivity index (χ4v) is 1.94. The summed E-state index contributed by atoms with van der Waals surface area (Å²) in [7, 11) is 0. The average Bonchev–Trinajstić information content (AvgIpc) is 2.02. The molecular weight excluding hydrogens is 162 g/mol. The summed E-state index contributed by atoms with van der Waals surface area (Å²) in [6.07, 6.45) is 4.93. The Balaban J connectivity index is 2.18. The highest BCUT2D eigenvalue weighted by Crippen LogP contribution is 2.34. The Morgan fingerprint density at radius 1 is 1.38 bits per heavy atom. The van der Waals surface area contributed by atoms with Crippen molar-refractivity contribution in [2.45, 2.75) is 58.6 Å². The second-order valence-electron chi connectivity index (χ2n) is 5.20. The number of hydrogen-bond donors (Lipinski definition) is 2. The summed E-state index contributed by atoms with van der Waals surface area (Å²) in [6, 6.07) is 0.641. The zero-order valence-electron chi connectivity index (χ0n) is 9.14. The van der Waals surface area contributed by atoms with Gasteiger partial charge in [-0.05, 0) is 38.0 Å². The van der Waals surface area contributed by atoms with Crippen molar-refractivity contribution in [2.24, 2.45) is 5.41 Å². The number of nitrogens with one attached hydrogen (secondary N) is 1. The SMILES string of the molecule is C[C@H](O)CNC1CCC(C)(C)CC1. The predicted molar refractivity (Wildman–Crippen MR) is 55.7 cm³/mol. The van der Waals surface area contributed by atoms with Crippen molar-refractivity contribution in [3.05, 3.63) is 0 Å². The van der Waals surface area contributed by atoms with Crippen molar-refractivity contribution in [3.8, 4) is 0 Å². The van der Waals surface area contributed by atoms with E-state index in [-0.39, 0.29) is 6.10 Å². The molecular formula is C11H23NO. The molecule has 1 rings (SSSR count). The normalized spacial score (nSPS) is 25.8. The molecule has 0 amide bonds. The molecule has 0 radical (unpaired) electrons. The minimum absolute atomic E-state index is 0.213. The fourth-order valence-electron chi connectivity index (χ4n) is 1.94. The maximum atomic E-state index is 9.12. The van der Waals surface area contributed by atoms with Gasteiger partial charge in [0.05, 0.1) is 6.10 Å². The summed E-state index contributed by atoms with van der Waals surface area (Å²) in [5, 5.41) is 12.5. The van der Waals surface area contributed by atoms with Crippen LogP contribution in [0.5, 0.6) is 0 Å². The van der Waals surface area contributed by atoms with Gasteiger partial charge in [-0.3, -0.25) is 0 Å². The maximum absolute atomic E-state index is 9.12. The minimum atomic E-state index is -0.213. The first-order valence-corrected chi connectivity index (χ1v) is 5.41. The van der Waals surface area contributed by atoms with Crippen molar-refractivity contribution < 1.29 is 5.11 Å². The van der Waals surface area contributed by atoms with Crippen LogP contribution in [0.25, 0.3) is 0 Å². The van der Waals surface area contributed by atoms with Crippen LogP contribution in [0.3, 0.4) is 0 Å². The van der Waals surface area contributed by atoms with Crippen molar-refractivity contribution in [2.75, 3.05) is 6.54 Å². The highest BCUT2D eigenvalue weighted by Gasteiger charge is 2.26. The number of aliphatic hydroxyl groups excluding tert-OH is 1. The highest BCUT2D eigenvalue weighted by molar-refractivity contribution is 4.82. The van der Waals surface area contributed by atoms with Gasteiger partial charge in [0.15, 0.2) is 0 Å². The standard InChI is InChI=1S/C11H23NO/c1-9(13)8-12-10-4-6-11(2,3)7-5-10/h9-10,12-13H,4-8H2,1-3H3/t9-/m0/s1. The van der Waals surface area contributed by atoms with E-state index in [1.807, 2.05) is 6.92 Å². The molecule has 1 fully saturated rings. The van der Waals surface area contributed by atoms with E-state index in [9.17, 15) is 0 Å². The molecule has 2 N–H and O–H groups in total. The molecule has 13 heavy (non-hydrogen) atoms. The van der Waals surface area contributed by atoms with Gasteiger partial charge >= 0.3 is 0 Å². The molecule has 78 valence electrons. The fraction of sp³-hybridized carbons (Fsp3) is 1.00. The van der Waals surface area contributed by atoms with E-state index in [2.05, 4.69) is 19.2 Å². The van der Waals surface area contributed by atoms with E-state index in [0.29, 0.717) is 11.5 Å². The maximum Gasteiger partial charge on any atom is 0.0636 e. The van der Waals surface area contributed by atoms with Crippen molar-refractivity contribution in [1.82, 2.24) is 5.32 Å². The second-order valence-corrected chi connectivity index (χ2v) is 5.20. The molecule has 2 nitrogen and oxygen atoms in total. The van der Waals surface area contributed by atoms with E-state index < -0.39 is 0 Å². The summed E-state index contributed by atoms with van der Waals surface area (Å²) in [4.78, 5) is 0. The van der Waals surface area contributed by atoms with Gasteiger partial charge in [-0.15, -0.1) is 0 Å². The van der Waals surface area contributed by atoms with E-state index in [0.717, 1.165) is 6.54 Å². The molecule has 1 saturated carbocycles.